The number of aromatic amines is 1. The third kappa shape index (κ3) is 9.08. The molecule has 1 aromatic rings. The number of hydrogen-bond donors (Lipinski definition) is 3. The maximum atomic E-state index is 12.4. The van der Waals surface area contributed by atoms with Crippen LogP contribution in [0.2, 0.25) is 0 Å². The molecule has 1 heterocycles. The molecule has 1 amide bonds. The Bertz CT molecular complexity index is 687. The molecule has 0 saturated carbocycles. The van der Waals surface area contributed by atoms with Crippen molar-refractivity contribution in [1.82, 2.24) is 19.8 Å². The van der Waals surface area contributed by atoms with Crippen LogP contribution in [0.1, 0.15) is 33.3 Å². The smallest absolute Gasteiger partial charge is 0.328 e. The predicted octanol–water partition coefficient (Wildman–Crippen LogP) is -0.292. The number of aliphatic hydroxyl groups excluding tert-OH is 1. The average Bonchev–Trinajstić information content (AvgIpc) is 2.66. The van der Waals surface area contributed by atoms with Crippen molar-refractivity contribution in [2.75, 3.05) is 26.7 Å². The van der Waals surface area contributed by atoms with Gasteiger partial charge in [0.25, 0.3) is 5.56 Å². The van der Waals surface area contributed by atoms with Gasteiger partial charge in [0.2, 0.25) is 5.91 Å². The lowest BCUT2D eigenvalue weighted by Crippen LogP contribution is -2.50. The summed E-state index contributed by atoms with van der Waals surface area (Å²) >= 11 is 0. The van der Waals surface area contributed by atoms with E-state index in [1.165, 1.54) is 18.0 Å². The third-order valence-corrected chi connectivity index (χ3v) is 3.68. The largest absolute Gasteiger partial charge is 0.394 e. The number of aliphatic hydroxyl groups is 1. The van der Waals surface area contributed by atoms with Crippen LogP contribution in [0.25, 0.3) is 0 Å². The lowest BCUT2D eigenvalue weighted by atomic mass is 10.2. The molecule has 0 aliphatic carbocycles. The minimum atomic E-state index is -1.000. The zero-order chi connectivity index (χ0) is 21.6. The number of H-pyrrole nitrogens is 1. The summed E-state index contributed by atoms with van der Waals surface area (Å²) in [5, 5.41) is 12.2. The first-order chi connectivity index (χ1) is 12.8. The van der Waals surface area contributed by atoms with E-state index >= 15 is 0 Å². The van der Waals surface area contributed by atoms with Gasteiger partial charge in [0.1, 0.15) is 12.6 Å². The molecule has 0 radical (unpaired) electrons. The summed E-state index contributed by atoms with van der Waals surface area (Å²) in [6.45, 7) is 9.27. The van der Waals surface area contributed by atoms with Gasteiger partial charge < -0.3 is 15.3 Å². The third-order valence-electron chi connectivity index (χ3n) is 3.30. The van der Waals surface area contributed by atoms with Crippen LogP contribution in [-0.4, -0.2) is 63.8 Å². The van der Waals surface area contributed by atoms with Gasteiger partial charge in [-0.15, -0.1) is 0 Å². The SMILES string of the molecule is CC.CC.CNCCN(C(=O)Cn1cc(C)c(=O)[nH]c1=O)C(CO)C(=O)P. The molecule has 0 fully saturated rings. The van der Waals surface area contributed by atoms with Crippen molar-refractivity contribution in [3.05, 3.63) is 32.6 Å². The van der Waals surface area contributed by atoms with Gasteiger partial charge in [0.15, 0.2) is 5.52 Å². The van der Waals surface area contributed by atoms with Crippen molar-refractivity contribution in [3.8, 4) is 0 Å². The second kappa shape index (κ2) is 15.2. The maximum Gasteiger partial charge on any atom is 0.328 e. The Labute approximate surface area is 162 Å². The van der Waals surface area contributed by atoms with Crippen LogP contribution < -0.4 is 16.6 Å². The fraction of sp³-hybridized carbons (Fsp3) is 0.647. The lowest BCUT2D eigenvalue weighted by molar-refractivity contribution is -0.139. The van der Waals surface area contributed by atoms with Gasteiger partial charge in [-0.25, -0.2) is 4.79 Å². The Kier molecular flexibility index (Phi) is 15.5. The highest BCUT2D eigenvalue weighted by molar-refractivity contribution is 7.40. The highest BCUT2D eigenvalue weighted by Gasteiger charge is 2.26. The van der Waals surface area contributed by atoms with Crippen molar-refractivity contribution in [1.29, 1.82) is 0 Å². The zero-order valence-corrected chi connectivity index (χ0v) is 18.2. The Morgan fingerprint density at radius 3 is 2.30 bits per heavy atom. The van der Waals surface area contributed by atoms with Crippen LogP contribution in [0.3, 0.4) is 0 Å². The van der Waals surface area contributed by atoms with Crippen molar-refractivity contribution in [3.63, 3.8) is 0 Å². The molecule has 9 nitrogen and oxygen atoms in total. The second-order valence-corrected chi connectivity index (χ2v) is 5.56. The number of aryl methyl sites for hydroxylation is 1. The van der Waals surface area contributed by atoms with E-state index in [1.807, 2.05) is 36.9 Å². The Balaban J connectivity index is 0. The van der Waals surface area contributed by atoms with Crippen molar-refractivity contribution in [2.24, 2.45) is 0 Å². The summed E-state index contributed by atoms with van der Waals surface area (Å²) in [5.74, 6) is -0.511. The Hall–Kier alpha value is -1.83. The van der Waals surface area contributed by atoms with Crippen LogP contribution in [0.4, 0.5) is 0 Å². The monoisotopic (exact) mass is 404 g/mol. The van der Waals surface area contributed by atoms with E-state index in [9.17, 15) is 24.3 Å². The fourth-order valence-electron chi connectivity index (χ4n) is 2.00. The van der Waals surface area contributed by atoms with Gasteiger partial charge in [-0.05, 0) is 14.0 Å². The second-order valence-electron chi connectivity index (χ2n) is 4.99. The number of carbonyl (C=O) groups excluding carboxylic acids is 2. The minimum Gasteiger partial charge on any atom is -0.394 e. The number of aromatic nitrogens is 2. The van der Waals surface area contributed by atoms with Crippen LogP contribution >= 0.6 is 9.24 Å². The minimum absolute atomic E-state index is 0.192. The molecule has 2 atom stereocenters. The van der Waals surface area contributed by atoms with Crippen molar-refractivity contribution in [2.45, 2.75) is 47.2 Å². The van der Waals surface area contributed by atoms with E-state index in [-0.39, 0.29) is 13.1 Å². The van der Waals surface area contributed by atoms with E-state index in [0.29, 0.717) is 12.1 Å². The molecular formula is C17H33N4O5P. The van der Waals surface area contributed by atoms with Gasteiger partial charge in [-0.1, -0.05) is 36.9 Å². The van der Waals surface area contributed by atoms with Gasteiger partial charge in [0.05, 0.1) is 6.61 Å². The molecule has 0 bridgehead atoms. The molecular weight excluding hydrogens is 371 g/mol. The van der Waals surface area contributed by atoms with Crippen LogP contribution in [-0.2, 0) is 16.1 Å². The van der Waals surface area contributed by atoms with E-state index < -0.39 is 35.3 Å². The van der Waals surface area contributed by atoms with Gasteiger partial charge in [-0.2, -0.15) is 0 Å². The van der Waals surface area contributed by atoms with Gasteiger partial charge in [0, 0.05) is 24.8 Å². The fourth-order valence-corrected chi connectivity index (χ4v) is 2.29. The highest BCUT2D eigenvalue weighted by Crippen LogP contribution is 2.06. The molecule has 3 N–H and O–H groups in total. The molecule has 10 heteroatoms. The van der Waals surface area contributed by atoms with Crippen LogP contribution in [0.15, 0.2) is 15.8 Å². The first-order valence-corrected chi connectivity index (χ1v) is 9.54. The van der Waals surface area contributed by atoms with Gasteiger partial charge >= 0.3 is 5.69 Å². The summed E-state index contributed by atoms with van der Waals surface area (Å²) in [6, 6.07) is -1.000. The Morgan fingerprint density at radius 1 is 1.30 bits per heavy atom. The number of likely N-dealkylation sites (N-methyl/N-ethyl adjacent to an activating group) is 1. The maximum absolute atomic E-state index is 12.4. The number of nitrogens with zero attached hydrogens (tertiary/aromatic N) is 2. The predicted molar refractivity (Wildman–Crippen MR) is 110 cm³/mol. The molecule has 0 aromatic carbocycles. The first kappa shape index (κ1) is 27.4. The molecule has 27 heavy (non-hydrogen) atoms. The topological polar surface area (TPSA) is 124 Å². The first-order valence-electron chi connectivity index (χ1n) is 8.96. The van der Waals surface area contributed by atoms with Crippen LogP contribution in [0.5, 0.6) is 0 Å². The molecule has 156 valence electrons. The average molecular weight is 404 g/mol. The number of nitrogens with one attached hydrogen (secondary N) is 2. The molecule has 0 aliphatic heterocycles. The highest BCUT2D eigenvalue weighted by atomic mass is 31.0. The normalized spacial score (nSPS) is 10.7. The summed E-state index contributed by atoms with van der Waals surface area (Å²) < 4.78 is 1.06. The Morgan fingerprint density at radius 2 is 1.85 bits per heavy atom. The van der Waals surface area contributed by atoms with Crippen molar-refractivity contribution < 1.29 is 14.7 Å². The molecule has 2 unspecified atom stereocenters. The van der Waals surface area contributed by atoms with Crippen LogP contribution in [0, 0.1) is 6.92 Å². The molecule has 0 aliphatic rings. The van der Waals surface area contributed by atoms with E-state index in [2.05, 4.69) is 10.3 Å². The number of carbonyl (C=O) groups is 2. The summed E-state index contributed by atoms with van der Waals surface area (Å²) in [4.78, 5) is 50.4. The zero-order valence-electron chi connectivity index (χ0n) is 17.0. The van der Waals surface area contributed by atoms with E-state index in [0.717, 1.165) is 4.57 Å². The van der Waals surface area contributed by atoms with E-state index in [4.69, 9.17) is 0 Å². The van der Waals surface area contributed by atoms with E-state index in [1.54, 1.807) is 7.05 Å². The number of amides is 1. The standard InChI is InChI=1S/C13H21N4O5P.2C2H6/c1-8-5-16(13(22)15-11(8)20)6-10(19)17(4-3-14-2)9(7-18)12(21)23;2*1-2/h5,9,14,18H,3-4,6-7,23H2,1-2H3,(H,15,20,22);2*1-2H3. The van der Waals surface area contributed by atoms with Crippen molar-refractivity contribution >= 4 is 20.7 Å². The molecule has 0 saturated heterocycles. The summed E-state index contributed by atoms with van der Waals surface area (Å²) in [7, 11) is 3.63. The summed E-state index contributed by atoms with van der Waals surface area (Å²) in [6.07, 6.45) is 1.28. The molecule has 1 aromatic heterocycles. The number of hydrogen-bond acceptors (Lipinski definition) is 6. The number of rotatable bonds is 8. The molecule has 0 spiro atoms. The quantitative estimate of drug-likeness (QED) is 0.512. The lowest BCUT2D eigenvalue weighted by Gasteiger charge is -2.29. The molecule has 1 rings (SSSR count). The summed E-state index contributed by atoms with van der Waals surface area (Å²) in [5.41, 5.74) is -1.36. The van der Waals surface area contributed by atoms with Gasteiger partial charge in [-0.3, -0.25) is 23.9 Å².